The lowest BCUT2D eigenvalue weighted by Gasteiger charge is -2.36. The van der Waals surface area contributed by atoms with Crippen LogP contribution in [0.4, 0.5) is 0 Å². The molecule has 14 heavy (non-hydrogen) atoms. The molecule has 4 heteroatoms. The van der Waals surface area contributed by atoms with Crippen LogP contribution in [0.3, 0.4) is 0 Å². The van der Waals surface area contributed by atoms with Crippen molar-refractivity contribution in [2.75, 3.05) is 33.4 Å². The highest BCUT2D eigenvalue weighted by molar-refractivity contribution is 4.75. The van der Waals surface area contributed by atoms with Crippen LogP contribution >= 0.6 is 0 Å². The van der Waals surface area contributed by atoms with Gasteiger partial charge in [0.1, 0.15) is 0 Å². The number of hydrogen-bond acceptors (Lipinski definition) is 4. The number of methoxy groups -OCH3 is 1. The molecule has 1 heterocycles. The first-order chi connectivity index (χ1) is 6.61. The number of nitrogens with zero attached hydrogens (tertiary/aromatic N) is 1. The van der Waals surface area contributed by atoms with Crippen molar-refractivity contribution < 1.29 is 14.6 Å². The van der Waals surface area contributed by atoms with Gasteiger partial charge in [0, 0.05) is 26.7 Å². The molecule has 1 fully saturated rings. The predicted octanol–water partition coefficient (Wildman–Crippen LogP) is 0.103. The van der Waals surface area contributed by atoms with Crippen LogP contribution in [0.1, 0.15) is 13.8 Å². The molecule has 84 valence electrons. The molecule has 1 aliphatic rings. The maximum atomic E-state index is 9.57. The molecule has 0 bridgehead atoms. The minimum absolute atomic E-state index is 0.258. The zero-order valence-corrected chi connectivity index (χ0v) is 9.27. The molecule has 1 rings (SSSR count). The zero-order valence-electron chi connectivity index (χ0n) is 9.27. The van der Waals surface area contributed by atoms with Gasteiger partial charge in [-0.25, -0.2) is 0 Å². The van der Waals surface area contributed by atoms with Gasteiger partial charge in [-0.05, 0) is 13.8 Å². The molecule has 0 amide bonds. The van der Waals surface area contributed by atoms with Gasteiger partial charge in [-0.1, -0.05) is 0 Å². The summed E-state index contributed by atoms with van der Waals surface area (Å²) < 4.78 is 10.5. The Balaban J connectivity index is 2.29. The van der Waals surface area contributed by atoms with E-state index in [4.69, 9.17) is 9.47 Å². The fraction of sp³-hybridized carbons (Fsp3) is 1.00. The lowest BCUT2D eigenvalue weighted by atomic mass is 10.2. The quantitative estimate of drug-likeness (QED) is 0.704. The van der Waals surface area contributed by atoms with Gasteiger partial charge >= 0.3 is 0 Å². The van der Waals surface area contributed by atoms with E-state index < -0.39 is 6.10 Å². The molecule has 1 aliphatic heterocycles. The molecule has 0 spiro atoms. The van der Waals surface area contributed by atoms with Crippen molar-refractivity contribution in [3.05, 3.63) is 0 Å². The normalized spacial score (nSPS) is 31.7. The summed E-state index contributed by atoms with van der Waals surface area (Å²) in [5.41, 5.74) is 0. The van der Waals surface area contributed by atoms with Crippen molar-refractivity contribution in [3.8, 4) is 0 Å². The number of β-amino-alcohol motifs (C(OH)–C–C–N with tert-alkyl or cyclic N) is 1. The second-order valence-electron chi connectivity index (χ2n) is 4.09. The average molecular weight is 203 g/mol. The van der Waals surface area contributed by atoms with E-state index in [9.17, 15) is 5.11 Å². The van der Waals surface area contributed by atoms with Crippen LogP contribution in [0.15, 0.2) is 0 Å². The molecule has 0 aromatic heterocycles. The van der Waals surface area contributed by atoms with Crippen LogP contribution in [-0.4, -0.2) is 61.7 Å². The first-order valence-corrected chi connectivity index (χ1v) is 5.16. The Morgan fingerprint density at radius 2 is 2.00 bits per heavy atom. The minimum atomic E-state index is -0.391. The third-order valence-electron chi connectivity index (χ3n) is 2.32. The highest BCUT2D eigenvalue weighted by Crippen LogP contribution is 2.10. The molecular weight excluding hydrogens is 182 g/mol. The first-order valence-electron chi connectivity index (χ1n) is 5.16. The van der Waals surface area contributed by atoms with Gasteiger partial charge in [0.15, 0.2) is 0 Å². The van der Waals surface area contributed by atoms with Gasteiger partial charge in [-0.2, -0.15) is 0 Å². The van der Waals surface area contributed by atoms with E-state index in [1.165, 1.54) is 0 Å². The number of morpholine rings is 1. The number of aliphatic hydroxyl groups excluding tert-OH is 1. The van der Waals surface area contributed by atoms with Crippen LogP contribution in [0.5, 0.6) is 0 Å². The maximum absolute atomic E-state index is 9.57. The van der Waals surface area contributed by atoms with Crippen molar-refractivity contribution in [3.63, 3.8) is 0 Å². The molecular formula is C10H21NO3. The Bertz CT molecular complexity index is 155. The summed E-state index contributed by atoms with van der Waals surface area (Å²) in [5, 5.41) is 9.57. The third-order valence-corrected chi connectivity index (χ3v) is 2.32. The summed E-state index contributed by atoms with van der Waals surface area (Å²) >= 11 is 0. The van der Waals surface area contributed by atoms with Crippen LogP contribution in [0.2, 0.25) is 0 Å². The molecule has 0 aromatic rings. The predicted molar refractivity (Wildman–Crippen MR) is 54.3 cm³/mol. The average Bonchev–Trinajstić information content (AvgIpc) is 2.01. The van der Waals surface area contributed by atoms with E-state index in [2.05, 4.69) is 18.7 Å². The Morgan fingerprint density at radius 1 is 1.43 bits per heavy atom. The topological polar surface area (TPSA) is 41.9 Å². The van der Waals surface area contributed by atoms with Gasteiger partial charge in [0.25, 0.3) is 0 Å². The van der Waals surface area contributed by atoms with E-state index in [0.717, 1.165) is 13.1 Å². The van der Waals surface area contributed by atoms with Crippen molar-refractivity contribution >= 4 is 0 Å². The maximum Gasteiger partial charge on any atom is 0.0900 e. The minimum Gasteiger partial charge on any atom is -0.389 e. The summed E-state index contributed by atoms with van der Waals surface area (Å²) in [5.74, 6) is 0. The van der Waals surface area contributed by atoms with Crippen molar-refractivity contribution in [1.82, 2.24) is 4.90 Å². The summed E-state index contributed by atoms with van der Waals surface area (Å²) in [6.45, 7) is 6.99. The van der Waals surface area contributed by atoms with Gasteiger partial charge in [0.2, 0.25) is 0 Å². The fourth-order valence-electron chi connectivity index (χ4n) is 1.98. The molecule has 1 N–H and O–H groups in total. The Hall–Kier alpha value is -0.160. The molecule has 4 nitrogen and oxygen atoms in total. The summed E-state index contributed by atoms with van der Waals surface area (Å²) in [6.07, 6.45) is 0.125. The molecule has 0 aromatic carbocycles. The molecule has 3 atom stereocenters. The van der Waals surface area contributed by atoms with Crippen molar-refractivity contribution in [1.29, 1.82) is 0 Å². The van der Waals surface area contributed by atoms with Crippen LogP contribution in [-0.2, 0) is 9.47 Å². The largest absolute Gasteiger partial charge is 0.389 e. The Morgan fingerprint density at radius 3 is 2.50 bits per heavy atom. The van der Waals surface area contributed by atoms with E-state index in [1.54, 1.807) is 7.11 Å². The number of hydrogen-bond donors (Lipinski definition) is 1. The lowest BCUT2D eigenvalue weighted by molar-refractivity contribution is -0.0805. The highest BCUT2D eigenvalue weighted by atomic mass is 16.5. The van der Waals surface area contributed by atoms with Gasteiger partial charge < -0.3 is 14.6 Å². The second kappa shape index (κ2) is 5.66. The van der Waals surface area contributed by atoms with Crippen molar-refractivity contribution in [2.45, 2.75) is 32.2 Å². The van der Waals surface area contributed by atoms with E-state index >= 15 is 0 Å². The Kier molecular flexibility index (Phi) is 4.81. The van der Waals surface area contributed by atoms with E-state index in [-0.39, 0.29) is 12.2 Å². The molecule has 0 saturated carbocycles. The second-order valence-corrected chi connectivity index (χ2v) is 4.09. The standard InChI is InChI=1S/C10H21NO3/c1-8-4-11(5-9(2)14-8)6-10(12)7-13-3/h8-10,12H,4-7H2,1-3H3/t8-,9+,10?. The van der Waals surface area contributed by atoms with Crippen LogP contribution in [0, 0.1) is 0 Å². The number of aliphatic hydroxyl groups is 1. The molecule has 1 unspecified atom stereocenters. The van der Waals surface area contributed by atoms with Gasteiger partial charge in [-0.15, -0.1) is 0 Å². The van der Waals surface area contributed by atoms with Gasteiger partial charge in [0.05, 0.1) is 24.9 Å². The molecule has 0 radical (unpaired) electrons. The number of ether oxygens (including phenoxy) is 2. The lowest BCUT2D eigenvalue weighted by Crippen LogP contribution is -2.48. The SMILES string of the molecule is COCC(O)CN1C[C@@H](C)O[C@@H](C)C1. The summed E-state index contributed by atoms with van der Waals surface area (Å²) in [7, 11) is 1.60. The highest BCUT2D eigenvalue weighted by Gasteiger charge is 2.23. The Labute approximate surface area is 85.8 Å². The fourth-order valence-corrected chi connectivity index (χ4v) is 1.98. The number of rotatable bonds is 4. The molecule has 0 aliphatic carbocycles. The van der Waals surface area contributed by atoms with Gasteiger partial charge in [-0.3, -0.25) is 4.90 Å². The third kappa shape index (κ3) is 3.92. The smallest absolute Gasteiger partial charge is 0.0900 e. The summed E-state index contributed by atoms with van der Waals surface area (Å²) in [6, 6.07) is 0. The first kappa shape index (κ1) is 11.9. The van der Waals surface area contributed by atoms with Crippen LogP contribution in [0.25, 0.3) is 0 Å². The van der Waals surface area contributed by atoms with E-state index in [1.807, 2.05) is 0 Å². The van der Waals surface area contributed by atoms with Crippen molar-refractivity contribution in [2.24, 2.45) is 0 Å². The van der Waals surface area contributed by atoms with E-state index in [0.29, 0.717) is 13.2 Å². The van der Waals surface area contributed by atoms with Crippen LogP contribution < -0.4 is 0 Å². The monoisotopic (exact) mass is 203 g/mol. The summed E-state index contributed by atoms with van der Waals surface area (Å²) in [4.78, 5) is 2.22. The zero-order chi connectivity index (χ0) is 10.6. The molecule has 1 saturated heterocycles.